The molecule has 3 nitrogen and oxygen atoms in total. The number of nitrogens with one attached hydrogen (secondary N) is 1. The monoisotopic (exact) mass is 278 g/mol. The predicted molar refractivity (Wildman–Crippen MR) is 79.6 cm³/mol. The maximum atomic E-state index is 6.08. The Balaban J connectivity index is 2.26. The van der Waals surface area contributed by atoms with Crippen LogP contribution in [0.1, 0.15) is 18.2 Å². The number of halogens is 1. The molecule has 0 atom stereocenters. The first-order valence-electron chi connectivity index (χ1n) is 6.45. The van der Waals surface area contributed by atoms with E-state index in [2.05, 4.69) is 23.2 Å². The van der Waals surface area contributed by atoms with Gasteiger partial charge in [0.1, 0.15) is 5.76 Å². The molecule has 102 valence electrons. The Morgan fingerprint density at radius 2 is 2.16 bits per heavy atom. The summed E-state index contributed by atoms with van der Waals surface area (Å²) in [6.45, 7) is 4.62. The van der Waals surface area contributed by atoms with Gasteiger partial charge in [-0.25, -0.2) is 0 Å². The van der Waals surface area contributed by atoms with Gasteiger partial charge in [-0.2, -0.15) is 0 Å². The first-order chi connectivity index (χ1) is 9.24. The smallest absolute Gasteiger partial charge is 0.123 e. The van der Waals surface area contributed by atoms with E-state index in [1.165, 1.54) is 11.3 Å². The van der Waals surface area contributed by atoms with Crippen LogP contribution in [-0.2, 0) is 13.1 Å². The van der Waals surface area contributed by atoms with Crippen molar-refractivity contribution < 1.29 is 4.42 Å². The van der Waals surface area contributed by atoms with Crippen molar-refractivity contribution in [1.29, 1.82) is 0 Å². The second kappa shape index (κ2) is 6.64. The third-order valence-corrected chi connectivity index (χ3v) is 3.29. The van der Waals surface area contributed by atoms with Crippen molar-refractivity contribution in [2.45, 2.75) is 20.0 Å². The van der Waals surface area contributed by atoms with Crippen molar-refractivity contribution in [3.8, 4) is 0 Å². The minimum Gasteiger partial charge on any atom is -0.467 e. The van der Waals surface area contributed by atoms with Crippen molar-refractivity contribution in [1.82, 2.24) is 5.32 Å². The molecular weight excluding hydrogens is 260 g/mol. The highest BCUT2D eigenvalue weighted by Crippen LogP contribution is 2.25. The van der Waals surface area contributed by atoms with E-state index in [0.717, 1.165) is 30.4 Å². The summed E-state index contributed by atoms with van der Waals surface area (Å²) in [7, 11) is 1.94. The van der Waals surface area contributed by atoms with Crippen LogP contribution in [-0.4, -0.2) is 13.6 Å². The topological polar surface area (TPSA) is 28.4 Å². The highest BCUT2D eigenvalue weighted by molar-refractivity contribution is 6.30. The van der Waals surface area contributed by atoms with E-state index < -0.39 is 0 Å². The molecule has 0 aliphatic carbocycles. The van der Waals surface area contributed by atoms with E-state index in [1.54, 1.807) is 6.26 Å². The highest BCUT2D eigenvalue weighted by atomic mass is 35.5. The Morgan fingerprint density at radius 3 is 2.79 bits per heavy atom. The van der Waals surface area contributed by atoms with Crippen molar-refractivity contribution in [3.63, 3.8) is 0 Å². The Kier molecular flexibility index (Phi) is 4.88. The second-order valence-corrected chi connectivity index (χ2v) is 4.83. The number of anilines is 1. The number of nitrogens with zero attached hydrogens (tertiary/aromatic N) is 1. The summed E-state index contributed by atoms with van der Waals surface area (Å²) in [5.74, 6) is 0.965. The fourth-order valence-corrected chi connectivity index (χ4v) is 2.35. The van der Waals surface area contributed by atoms with Gasteiger partial charge in [-0.15, -0.1) is 0 Å². The Bertz CT molecular complexity index is 511. The maximum absolute atomic E-state index is 6.08. The van der Waals surface area contributed by atoms with Gasteiger partial charge in [-0.3, -0.25) is 0 Å². The summed E-state index contributed by atoms with van der Waals surface area (Å²) in [6, 6.07) is 9.93. The number of hydrogen-bond acceptors (Lipinski definition) is 3. The molecule has 0 aliphatic rings. The normalized spacial score (nSPS) is 10.7. The van der Waals surface area contributed by atoms with Crippen LogP contribution < -0.4 is 10.2 Å². The lowest BCUT2D eigenvalue weighted by Gasteiger charge is -2.25. The Morgan fingerprint density at radius 1 is 1.32 bits per heavy atom. The third kappa shape index (κ3) is 3.52. The molecule has 4 heteroatoms. The summed E-state index contributed by atoms with van der Waals surface area (Å²) in [6.07, 6.45) is 1.71. The van der Waals surface area contributed by atoms with E-state index in [4.69, 9.17) is 16.0 Å². The summed E-state index contributed by atoms with van der Waals surface area (Å²) >= 11 is 6.08. The molecule has 1 aromatic carbocycles. The SMILES string of the molecule is CCN(Cc1ccco1)c1ccc(Cl)cc1CNC. The lowest BCUT2D eigenvalue weighted by molar-refractivity contribution is 0.503. The average Bonchev–Trinajstić information content (AvgIpc) is 2.90. The fourth-order valence-electron chi connectivity index (χ4n) is 2.15. The Hall–Kier alpha value is -1.45. The molecule has 2 aromatic rings. The minimum absolute atomic E-state index is 0.766. The van der Waals surface area contributed by atoms with E-state index in [1.807, 2.05) is 31.3 Å². The van der Waals surface area contributed by atoms with Crippen LogP contribution in [0.3, 0.4) is 0 Å². The van der Waals surface area contributed by atoms with Gasteiger partial charge in [-0.05, 0) is 49.9 Å². The van der Waals surface area contributed by atoms with E-state index in [9.17, 15) is 0 Å². The van der Waals surface area contributed by atoms with Crippen LogP contribution in [0.5, 0.6) is 0 Å². The summed E-state index contributed by atoms with van der Waals surface area (Å²) in [5, 5.41) is 3.95. The van der Waals surface area contributed by atoms with Crippen molar-refractivity contribution in [3.05, 3.63) is 52.9 Å². The molecule has 19 heavy (non-hydrogen) atoms. The molecule has 0 unspecified atom stereocenters. The number of furan rings is 1. The van der Waals surface area contributed by atoms with Gasteiger partial charge in [0, 0.05) is 23.8 Å². The first kappa shape index (κ1) is 14.0. The second-order valence-electron chi connectivity index (χ2n) is 4.40. The number of benzene rings is 1. The lowest BCUT2D eigenvalue weighted by Crippen LogP contribution is -2.24. The molecule has 0 saturated carbocycles. The largest absolute Gasteiger partial charge is 0.467 e. The van der Waals surface area contributed by atoms with Crippen molar-refractivity contribution >= 4 is 17.3 Å². The van der Waals surface area contributed by atoms with Crippen LogP contribution in [0.4, 0.5) is 5.69 Å². The van der Waals surface area contributed by atoms with Gasteiger partial charge in [0.05, 0.1) is 12.8 Å². The van der Waals surface area contributed by atoms with Crippen LogP contribution in [0.25, 0.3) is 0 Å². The average molecular weight is 279 g/mol. The van der Waals surface area contributed by atoms with Gasteiger partial charge in [0.2, 0.25) is 0 Å². The van der Waals surface area contributed by atoms with Crippen molar-refractivity contribution in [2.24, 2.45) is 0 Å². The van der Waals surface area contributed by atoms with E-state index in [-0.39, 0.29) is 0 Å². The zero-order valence-electron chi connectivity index (χ0n) is 11.3. The number of rotatable bonds is 6. The van der Waals surface area contributed by atoms with Gasteiger partial charge >= 0.3 is 0 Å². The number of hydrogen-bond donors (Lipinski definition) is 1. The summed E-state index contributed by atoms with van der Waals surface area (Å²) in [5.41, 5.74) is 2.39. The van der Waals surface area contributed by atoms with Gasteiger partial charge in [0.25, 0.3) is 0 Å². The molecule has 0 saturated heterocycles. The zero-order valence-corrected chi connectivity index (χ0v) is 12.1. The van der Waals surface area contributed by atoms with Crippen LogP contribution in [0, 0.1) is 0 Å². The first-order valence-corrected chi connectivity index (χ1v) is 6.82. The predicted octanol–water partition coefficient (Wildman–Crippen LogP) is 3.68. The summed E-state index contributed by atoms with van der Waals surface area (Å²) in [4.78, 5) is 2.28. The van der Waals surface area contributed by atoms with Crippen LogP contribution in [0.15, 0.2) is 41.0 Å². The zero-order chi connectivity index (χ0) is 13.7. The Labute approximate surface area is 119 Å². The summed E-state index contributed by atoms with van der Waals surface area (Å²) < 4.78 is 5.43. The third-order valence-electron chi connectivity index (χ3n) is 3.06. The molecule has 0 aliphatic heterocycles. The molecule has 1 heterocycles. The maximum Gasteiger partial charge on any atom is 0.123 e. The van der Waals surface area contributed by atoms with E-state index in [0.29, 0.717) is 0 Å². The molecular formula is C15H19ClN2O. The quantitative estimate of drug-likeness (QED) is 0.874. The molecule has 0 spiro atoms. The molecule has 0 radical (unpaired) electrons. The van der Waals surface area contributed by atoms with E-state index >= 15 is 0 Å². The lowest BCUT2D eigenvalue weighted by atomic mass is 10.1. The van der Waals surface area contributed by atoms with Crippen LogP contribution in [0.2, 0.25) is 5.02 Å². The fraction of sp³-hybridized carbons (Fsp3) is 0.333. The van der Waals surface area contributed by atoms with Gasteiger partial charge in [-0.1, -0.05) is 11.6 Å². The molecule has 1 aromatic heterocycles. The molecule has 2 rings (SSSR count). The van der Waals surface area contributed by atoms with Crippen molar-refractivity contribution in [2.75, 3.05) is 18.5 Å². The molecule has 1 N–H and O–H groups in total. The van der Waals surface area contributed by atoms with Crippen LogP contribution >= 0.6 is 11.6 Å². The van der Waals surface area contributed by atoms with Gasteiger partial charge in [0.15, 0.2) is 0 Å². The molecule has 0 bridgehead atoms. The standard InChI is InChI=1S/C15H19ClN2O/c1-3-18(11-14-5-4-8-19-14)15-7-6-13(16)9-12(15)10-17-2/h4-9,17H,3,10-11H2,1-2H3. The molecule has 0 amide bonds. The minimum atomic E-state index is 0.766. The van der Waals surface area contributed by atoms with Gasteiger partial charge < -0.3 is 14.6 Å². The highest BCUT2D eigenvalue weighted by Gasteiger charge is 2.11. The molecule has 0 fully saturated rings.